The van der Waals surface area contributed by atoms with Crippen LogP contribution in [-0.4, -0.2) is 62.1 Å². The van der Waals surface area contributed by atoms with Crippen LogP contribution in [0.5, 0.6) is 0 Å². The van der Waals surface area contributed by atoms with E-state index in [0.29, 0.717) is 50.0 Å². The van der Waals surface area contributed by atoms with Gasteiger partial charge in [-0.1, -0.05) is 6.92 Å². The Morgan fingerprint density at radius 3 is 3.00 bits per heavy atom. The average molecular weight is 430 g/mol. The van der Waals surface area contributed by atoms with Crippen LogP contribution < -0.4 is 21.5 Å². The Bertz CT molecular complexity index is 803. The topological polar surface area (TPSA) is 150 Å². The molecule has 3 aliphatic rings. The Labute approximate surface area is 183 Å². The summed E-state index contributed by atoms with van der Waals surface area (Å²) in [7, 11) is 0. The lowest BCUT2D eigenvalue weighted by atomic mass is 9.86. The number of ether oxygens (including phenoxy) is 2. The highest BCUT2D eigenvalue weighted by Crippen LogP contribution is 2.21. The third-order valence-corrected chi connectivity index (χ3v) is 5.87. The molecular formula is C22H33N6O3+. The third-order valence-electron chi connectivity index (χ3n) is 5.87. The third kappa shape index (κ3) is 6.49. The van der Waals surface area contributed by atoms with E-state index in [9.17, 15) is 4.79 Å². The van der Waals surface area contributed by atoms with Crippen molar-refractivity contribution in [3.63, 3.8) is 0 Å². The molecule has 0 aliphatic carbocycles. The number of hydrogen-bond acceptors (Lipinski definition) is 7. The van der Waals surface area contributed by atoms with E-state index in [0.717, 1.165) is 19.3 Å². The van der Waals surface area contributed by atoms with Crippen molar-refractivity contribution in [2.24, 2.45) is 34.2 Å². The Hall–Kier alpha value is -2.50. The van der Waals surface area contributed by atoms with Crippen LogP contribution in [0.3, 0.4) is 0 Å². The molecule has 3 heterocycles. The molecule has 5 unspecified atom stereocenters. The second-order valence-electron chi connectivity index (χ2n) is 8.54. The highest BCUT2D eigenvalue weighted by atomic mass is 16.5. The zero-order chi connectivity index (χ0) is 22.2. The van der Waals surface area contributed by atoms with Crippen LogP contribution in [0.25, 0.3) is 0 Å². The zero-order valence-electron chi connectivity index (χ0n) is 18.1. The number of hydrogen-bond donors (Lipinski definition) is 3. The molecule has 31 heavy (non-hydrogen) atoms. The molecule has 0 radical (unpaired) electrons. The number of aliphatic imine (C=N–C) groups is 1. The monoisotopic (exact) mass is 429 g/mol. The standard InChI is InChI=1S/C22H32N6O3/c1-14-2-3-15(4-7-23)11-27-17(10-14)20(21(24)25)22(29)28-18-12-26-8-5-19(18)31-16-6-9-30-13-16/h5,11-12,14-16,18,20-21H,2-4,6,8-10,13,24-25H2,1H3/p+1. The molecule has 9 heteroatoms. The minimum absolute atomic E-state index is 0.0211. The minimum Gasteiger partial charge on any atom is -0.490 e. The number of nitriles is 1. The summed E-state index contributed by atoms with van der Waals surface area (Å²) in [5.41, 5.74) is 12.7. The van der Waals surface area contributed by atoms with Crippen molar-refractivity contribution in [2.45, 2.75) is 57.3 Å². The van der Waals surface area contributed by atoms with Gasteiger partial charge >= 0.3 is 0 Å². The van der Waals surface area contributed by atoms with Crippen molar-refractivity contribution in [3.8, 4) is 6.07 Å². The number of rotatable bonds is 7. The summed E-state index contributed by atoms with van der Waals surface area (Å²) in [4.78, 5) is 17.5. The molecule has 9 nitrogen and oxygen atoms in total. The van der Waals surface area contributed by atoms with Gasteiger partial charge in [-0.2, -0.15) is 5.26 Å². The number of nitrogens with one attached hydrogen (secondary N) is 1. The molecule has 0 saturated carbocycles. The van der Waals surface area contributed by atoms with Crippen LogP contribution in [0.15, 0.2) is 16.8 Å². The summed E-state index contributed by atoms with van der Waals surface area (Å²) < 4.78 is 16.0. The molecule has 0 aromatic rings. The van der Waals surface area contributed by atoms with Crippen LogP contribution in [0, 0.1) is 29.1 Å². The summed E-state index contributed by atoms with van der Waals surface area (Å²) in [6.07, 6.45) is 8.14. The highest BCUT2D eigenvalue weighted by molar-refractivity contribution is 6.06. The van der Waals surface area contributed by atoms with Gasteiger partial charge in [-0.25, -0.2) is 0 Å². The summed E-state index contributed by atoms with van der Waals surface area (Å²) in [6.45, 7) is 3.84. The predicted molar refractivity (Wildman–Crippen MR) is 119 cm³/mol. The number of dihydropyridines is 1. The first-order valence-electron chi connectivity index (χ1n) is 11.0. The number of amides is 1. The molecule has 0 bridgehead atoms. The number of carbonyl (C=O) groups excluding carboxylic acids is 1. The number of carbonyl (C=O) groups is 1. The summed E-state index contributed by atoms with van der Waals surface area (Å²) >= 11 is 0. The number of nitrogens with two attached hydrogens (primary N) is 2. The quantitative estimate of drug-likeness (QED) is 0.384. The Kier molecular flexibility index (Phi) is 8.38. The van der Waals surface area contributed by atoms with Crippen LogP contribution >= 0.6 is 0 Å². The second kappa shape index (κ2) is 11.2. The summed E-state index contributed by atoms with van der Waals surface area (Å²) in [5.74, 6) is -0.0207. The van der Waals surface area contributed by atoms with Gasteiger partial charge in [0.25, 0.3) is 11.9 Å². The van der Waals surface area contributed by atoms with Crippen LogP contribution in [0.1, 0.15) is 39.0 Å². The maximum atomic E-state index is 13.3. The SMILES string of the molecule is CC1CCC(CC#N)C=[N+]=C(C(C(=O)NC2C=NCC=C2OC2CCOC2)C(N)N)C1. The molecular weight excluding hydrogens is 396 g/mol. The lowest BCUT2D eigenvalue weighted by Crippen LogP contribution is -2.54. The van der Waals surface area contributed by atoms with Gasteiger partial charge in [0.1, 0.15) is 17.9 Å². The first kappa shape index (κ1) is 23.2. The molecule has 1 amide bonds. The lowest BCUT2D eigenvalue weighted by molar-refractivity contribution is -0.123. The molecule has 3 rings (SSSR count). The van der Waals surface area contributed by atoms with Gasteiger partial charge in [-0.3, -0.25) is 9.79 Å². The molecule has 5 atom stereocenters. The first-order valence-corrected chi connectivity index (χ1v) is 11.0. The van der Waals surface area contributed by atoms with Crippen molar-refractivity contribution >= 4 is 24.0 Å². The lowest BCUT2D eigenvalue weighted by Gasteiger charge is -2.26. The van der Waals surface area contributed by atoms with Gasteiger partial charge in [0.15, 0.2) is 5.92 Å². The fourth-order valence-electron chi connectivity index (χ4n) is 4.09. The van der Waals surface area contributed by atoms with E-state index >= 15 is 0 Å². The molecule has 3 aliphatic heterocycles. The van der Waals surface area contributed by atoms with E-state index in [1.54, 1.807) is 12.4 Å². The van der Waals surface area contributed by atoms with Gasteiger partial charge in [-0.05, 0) is 24.8 Å². The van der Waals surface area contributed by atoms with Gasteiger partial charge in [0.05, 0.1) is 37.9 Å². The van der Waals surface area contributed by atoms with Crippen molar-refractivity contribution < 1.29 is 14.3 Å². The van der Waals surface area contributed by atoms with Crippen molar-refractivity contribution in [3.05, 3.63) is 11.8 Å². The molecule has 1 fully saturated rings. The maximum Gasteiger partial charge on any atom is 0.295 e. The van der Waals surface area contributed by atoms with Crippen molar-refractivity contribution in [1.82, 2.24) is 9.98 Å². The normalized spacial score (nSPS) is 29.4. The molecule has 168 valence electrons. The number of nitrogens with zero attached hydrogens (tertiary/aromatic N) is 3. The molecule has 0 spiro atoms. The average Bonchev–Trinajstić information content (AvgIpc) is 3.23. The van der Waals surface area contributed by atoms with Gasteiger partial charge in [0, 0.05) is 25.5 Å². The van der Waals surface area contributed by atoms with Gasteiger partial charge < -0.3 is 26.3 Å². The van der Waals surface area contributed by atoms with E-state index < -0.39 is 18.1 Å². The van der Waals surface area contributed by atoms with Crippen LogP contribution in [0.4, 0.5) is 0 Å². The molecule has 5 N–H and O–H groups in total. The summed E-state index contributed by atoms with van der Waals surface area (Å²) in [6, 6.07) is 1.72. The smallest absolute Gasteiger partial charge is 0.295 e. The predicted octanol–water partition coefficient (Wildman–Crippen LogP) is 0.0336. The zero-order valence-corrected chi connectivity index (χ0v) is 18.1. The summed E-state index contributed by atoms with van der Waals surface area (Å²) in [5, 5.41) is 12.0. The van der Waals surface area contributed by atoms with E-state index in [2.05, 4.69) is 28.0 Å². The molecule has 0 aromatic heterocycles. The van der Waals surface area contributed by atoms with Crippen molar-refractivity contribution in [1.29, 1.82) is 5.26 Å². The van der Waals surface area contributed by atoms with E-state index in [1.807, 2.05) is 6.08 Å². The fourth-order valence-corrected chi connectivity index (χ4v) is 4.09. The minimum atomic E-state index is -0.898. The van der Waals surface area contributed by atoms with Crippen LogP contribution in [0.2, 0.25) is 0 Å². The fraction of sp³-hybridized carbons (Fsp3) is 0.682. The van der Waals surface area contributed by atoms with Crippen LogP contribution in [-0.2, 0) is 14.3 Å². The van der Waals surface area contributed by atoms with Gasteiger partial charge in [0.2, 0.25) is 5.91 Å². The van der Waals surface area contributed by atoms with E-state index in [1.165, 1.54) is 0 Å². The van der Waals surface area contributed by atoms with Gasteiger partial charge in [-0.15, -0.1) is 4.67 Å². The molecule has 0 aromatic carbocycles. The first-order chi connectivity index (χ1) is 15.0. The van der Waals surface area contributed by atoms with E-state index in [4.69, 9.17) is 26.2 Å². The maximum absolute atomic E-state index is 13.3. The Morgan fingerprint density at radius 1 is 1.45 bits per heavy atom. The van der Waals surface area contributed by atoms with E-state index in [-0.39, 0.29) is 17.9 Å². The highest BCUT2D eigenvalue weighted by Gasteiger charge is 2.39. The van der Waals surface area contributed by atoms with Crippen molar-refractivity contribution in [2.75, 3.05) is 19.8 Å². The molecule has 1 saturated heterocycles. The Balaban J connectivity index is 1.76. The second-order valence-corrected chi connectivity index (χ2v) is 8.54. The Morgan fingerprint density at radius 2 is 2.29 bits per heavy atom. The largest absolute Gasteiger partial charge is 0.490 e.